The molecular weight excluding hydrogens is 250 g/mol. The zero-order valence-corrected chi connectivity index (χ0v) is 11.8. The quantitative estimate of drug-likeness (QED) is 0.813. The van der Waals surface area contributed by atoms with Gasteiger partial charge >= 0.3 is 0 Å². The lowest BCUT2D eigenvalue weighted by Crippen LogP contribution is -2.14. The molecule has 0 heterocycles. The SMILES string of the molecule is Cc1ccc(CNCc2ccccc2OCCO)cc1. The lowest BCUT2D eigenvalue weighted by Gasteiger charge is -2.11. The summed E-state index contributed by atoms with van der Waals surface area (Å²) >= 11 is 0. The molecule has 20 heavy (non-hydrogen) atoms. The minimum absolute atomic E-state index is 0.0329. The predicted molar refractivity (Wildman–Crippen MR) is 80.7 cm³/mol. The first kappa shape index (κ1) is 14.6. The van der Waals surface area contributed by atoms with Crippen LogP contribution < -0.4 is 10.1 Å². The summed E-state index contributed by atoms with van der Waals surface area (Å²) in [5.41, 5.74) is 3.65. The Morgan fingerprint density at radius 2 is 1.75 bits per heavy atom. The average Bonchev–Trinajstić information content (AvgIpc) is 2.48. The molecule has 2 aromatic rings. The minimum Gasteiger partial charge on any atom is -0.491 e. The Morgan fingerprint density at radius 3 is 2.50 bits per heavy atom. The second-order valence-electron chi connectivity index (χ2n) is 4.77. The maximum atomic E-state index is 8.82. The maximum Gasteiger partial charge on any atom is 0.123 e. The molecule has 0 bridgehead atoms. The van der Waals surface area contributed by atoms with Crippen LogP contribution >= 0.6 is 0 Å². The monoisotopic (exact) mass is 271 g/mol. The third-order valence-electron chi connectivity index (χ3n) is 3.09. The van der Waals surface area contributed by atoms with Crippen LogP contribution in [0.1, 0.15) is 16.7 Å². The Kier molecular flexibility index (Phi) is 5.59. The highest BCUT2D eigenvalue weighted by Gasteiger charge is 2.02. The van der Waals surface area contributed by atoms with Gasteiger partial charge in [-0.25, -0.2) is 0 Å². The van der Waals surface area contributed by atoms with Gasteiger partial charge in [0.1, 0.15) is 12.4 Å². The summed E-state index contributed by atoms with van der Waals surface area (Å²) in [5.74, 6) is 0.831. The van der Waals surface area contributed by atoms with Crippen LogP contribution in [0.2, 0.25) is 0 Å². The molecule has 0 saturated heterocycles. The average molecular weight is 271 g/mol. The van der Waals surface area contributed by atoms with Gasteiger partial charge < -0.3 is 15.2 Å². The molecule has 106 valence electrons. The van der Waals surface area contributed by atoms with Crippen molar-refractivity contribution in [1.29, 1.82) is 0 Å². The fraction of sp³-hybridized carbons (Fsp3) is 0.294. The number of hydrogen-bond acceptors (Lipinski definition) is 3. The third kappa shape index (κ3) is 4.37. The van der Waals surface area contributed by atoms with Crippen LogP contribution in [0.4, 0.5) is 0 Å². The van der Waals surface area contributed by atoms with E-state index >= 15 is 0 Å². The normalized spacial score (nSPS) is 10.5. The van der Waals surface area contributed by atoms with Gasteiger partial charge in [0, 0.05) is 18.7 Å². The van der Waals surface area contributed by atoms with Crippen molar-refractivity contribution < 1.29 is 9.84 Å². The molecule has 0 aliphatic rings. The van der Waals surface area contributed by atoms with Gasteiger partial charge in [-0.2, -0.15) is 0 Å². The van der Waals surface area contributed by atoms with Crippen LogP contribution in [0.3, 0.4) is 0 Å². The Hall–Kier alpha value is -1.84. The van der Waals surface area contributed by atoms with E-state index < -0.39 is 0 Å². The van der Waals surface area contributed by atoms with Gasteiger partial charge in [0.25, 0.3) is 0 Å². The first-order valence-corrected chi connectivity index (χ1v) is 6.87. The largest absolute Gasteiger partial charge is 0.491 e. The van der Waals surface area contributed by atoms with Gasteiger partial charge in [0.2, 0.25) is 0 Å². The van der Waals surface area contributed by atoms with Gasteiger partial charge in [-0.05, 0) is 18.6 Å². The van der Waals surface area contributed by atoms with Crippen LogP contribution in [-0.4, -0.2) is 18.3 Å². The highest BCUT2D eigenvalue weighted by Crippen LogP contribution is 2.17. The number of nitrogens with one attached hydrogen (secondary N) is 1. The molecule has 0 fully saturated rings. The summed E-state index contributed by atoms with van der Waals surface area (Å²) in [6.07, 6.45) is 0. The third-order valence-corrected chi connectivity index (χ3v) is 3.09. The summed E-state index contributed by atoms with van der Waals surface area (Å²) in [6, 6.07) is 16.4. The maximum absolute atomic E-state index is 8.82. The van der Waals surface area contributed by atoms with Gasteiger partial charge in [0.05, 0.1) is 6.61 Å². The number of benzene rings is 2. The zero-order valence-electron chi connectivity index (χ0n) is 11.8. The number of aliphatic hydroxyl groups is 1. The van der Waals surface area contributed by atoms with E-state index in [4.69, 9.17) is 9.84 Å². The molecule has 2 aromatic carbocycles. The molecule has 0 aliphatic heterocycles. The van der Waals surface area contributed by atoms with Crippen LogP contribution in [0.25, 0.3) is 0 Å². The molecular formula is C17H21NO2. The van der Waals surface area contributed by atoms with E-state index in [1.54, 1.807) is 0 Å². The van der Waals surface area contributed by atoms with Crippen molar-refractivity contribution in [3.05, 3.63) is 65.2 Å². The fourth-order valence-corrected chi connectivity index (χ4v) is 1.99. The van der Waals surface area contributed by atoms with Crippen molar-refractivity contribution in [2.45, 2.75) is 20.0 Å². The number of aliphatic hydroxyl groups excluding tert-OH is 1. The molecule has 0 saturated carbocycles. The summed E-state index contributed by atoms with van der Waals surface area (Å²) < 4.78 is 5.51. The number of rotatable bonds is 7. The molecule has 0 unspecified atom stereocenters. The summed E-state index contributed by atoms with van der Waals surface area (Å²) in [5, 5.41) is 12.2. The number of hydrogen-bond donors (Lipinski definition) is 2. The van der Waals surface area contributed by atoms with Crippen LogP contribution in [0, 0.1) is 6.92 Å². The van der Waals surface area contributed by atoms with E-state index in [0.717, 1.165) is 24.4 Å². The van der Waals surface area contributed by atoms with Gasteiger partial charge in [-0.15, -0.1) is 0 Å². The van der Waals surface area contributed by atoms with Gasteiger partial charge in [0.15, 0.2) is 0 Å². The first-order valence-electron chi connectivity index (χ1n) is 6.87. The van der Waals surface area contributed by atoms with Crippen molar-refractivity contribution in [2.24, 2.45) is 0 Å². The second kappa shape index (κ2) is 7.68. The van der Waals surface area contributed by atoms with E-state index in [9.17, 15) is 0 Å². The Balaban J connectivity index is 1.88. The highest BCUT2D eigenvalue weighted by molar-refractivity contribution is 5.33. The van der Waals surface area contributed by atoms with Crippen molar-refractivity contribution in [3.8, 4) is 5.75 Å². The standard InChI is InChI=1S/C17H21NO2/c1-14-6-8-15(9-7-14)12-18-13-16-4-2-3-5-17(16)20-11-10-19/h2-9,18-19H,10-13H2,1H3. The lowest BCUT2D eigenvalue weighted by molar-refractivity contribution is 0.200. The lowest BCUT2D eigenvalue weighted by atomic mass is 10.1. The summed E-state index contributed by atoms with van der Waals surface area (Å²) in [7, 11) is 0. The molecule has 0 radical (unpaired) electrons. The second-order valence-corrected chi connectivity index (χ2v) is 4.77. The number of aryl methyl sites for hydroxylation is 1. The molecule has 0 spiro atoms. The number of ether oxygens (including phenoxy) is 1. The Bertz CT molecular complexity index is 523. The van der Waals surface area contributed by atoms with E-state index in [2.05, 4.69) is 36.5 Å². The molecule has 0 amide bonds. The van der Waals surface area contributed by atoms with E-state index in [1.165, 1.54) is 11.1 Å². The van der Waals surface area contributed by atoms with Gasteiger partial charge in [-0.1, -0.05) is 48.0 Å². The van der Waals surface area contributed by atoms with E-state index in [-0.39, 0.29) is 6.61 Å². The molecule has 3 nitrogen and oxygen atoms in total. The van der Waals surface area contributed by atoms with E-state index in [0.29, 0.717) is 6.61 Å². The molecule has 2 N–H and O–H groups in total. The predicted octanol–water partition coefficient (Wildman–Crippen LogP) is 2.66. The molecule has 2 rings (SSSR count). The van der Waals surface area contributed by atoms with Crippen molar-refractivity contribution in [3.63, 3.8) is 0 Å². The Labute approximate surface area is 120 Å². The fourth-order valence-electron chi connectivity index (χ4n) is 1.99. The van der Waals surface area contributed by atoms with E-state index in [1.807, 2.05) is 24.3 Å². The zero-order chi connectivity index (χ0) is 14.2. The van der Waals surface area contributed by atoms with Crippen molar-refractivity contribution in [1.82, 2.24) is 5.32 Å². The molecule has 3 heteroatoms. The number of para-hydroxylation sites is 1. The molecule has 0 aromatic heterocycles. The minimum atomic E-state index is 0.0329. The topological polar surface area (TPSA) is 41.5 Å². The summed E-state index contributed by atoms with van der Waals surface area (Å²) in [6.45, 7) is 4.02. The summed E-state index contributed by atoms with van der Waals surface area (Å²) in [4.78, 5) is 0. The van der Waals surface area contributed by atoms with Crippen LogP contribution in [0.15, 0.2) is 48.5 Å². The van der Waals surface area contributed by atoms with Crippen molar-refractivity contribution >= 4 is 0 Å². The smallest absolute Gasteiger partial charge is 0.123 e. The highest BCUT2D eigenvalue weighted by atomic mass is 16.5. The Morgan fingerprint density at radius 1 is 1.00 bits per heavy atom. The van der Waals surface area contributed by atoms with Crippen LogP contribution in [-0.2, 0) is 13.1 Å². The molecule has 0 aliphatic carbocycles. The van der Waals surface area contributed by atoms with Gasteiger partial charge in [-0.3, -0.25) is 0 Å². The first-order chi connectivity index (χ1) is 9.79. The molecule has 0 atom stereocenters. The van der Waals surface area contributed by atoms with Crippen molar-refractivity contribution in [2.75, 3.05) is 13.2 Å². The van der Waals surface area contributed by atoms with Crippen LogP contribution in [0.5, 0.6) is 5.75 Å².